The Hall–Kier alpha value is -4.01. The van der Waals surface area contributed by atoms with Crippen LogP contribution in [0.15, 0.2) is 40.8 Å². The predicted molar refractivity (Wildman–Crippen MR) is 167 cm³/mol. The number of amides is 1. The molecule has 42 heavy (non-hydrogen) atoms. The maximum Gasteiger partial charge on any atom is 0.407 e. The molecule has 0 spiro atoms. The molecule has 0 unspecified atom stereocenters. The Morgan fingerprint density at radius 3 is 2.52 bits per heavy atom. The molecule has 0 aliphatic heterocycles. The second-order valence-corrected chi connectivity index (χ2v) is 11.4. The minimum absolute atomic E-state index is 0.371. The molecule has 2 aromatic carbocycles. The van der Waals surface area contributed by atoms with Crippen LogP contribution in [0.1, 0.15) is 76.8 Å². The van der Waals surface area contributed by atoms with Crippen molar-refractivity contribution in [2.75, 3.05) is 26.1 Å². The average molecular weight is 577 g/mol. The van der Waals surface area contributed by atoms with Gasteiger partial charge in [-0.2, -0.15) is 0 Å². The van der Waals surface area contributed by atoms with Gasteiger partial charge >= 0.3 is 6.09 Å². The number of methoxy groups -OCH3 is 2. The van der Waals surface area contributed by atoms with Crippen LogP contribution in [-0.4, -0.2) is 42.4 Å². The van der Waals surface area contributed by atoms with Crippen LogP contribution >= 0.6 is 0 Å². The minimum Gasteiger partial charge on any atom is -0.497 e. The molecule has 2 aromatic heterocycles. The number of anilines is 1. The summed E-state index contributed by atoms with van der Waals surface area (Å²) in [6, 6.07) is 12.0. The molecule has 0 radical (unpaired) electrons. The number of pyridine rings is 1. The normalized spacial score (nSPS) is 11.6. The van der Waals surface area contributed by atoms with Gasteiger partial charge in [-0.25, -0.2) is 14.8 Å². The zero-order chi connectivity index (χ0) is 30.1. The fourth-order valence-electron chi connectivity index (χ4n) is 4.87. The Kier molecular flexibility index (Phi) is 10.5. The van der Waals surface area contributed by atoms with Crippen LogP contribution in [0.3, 0.4) is 0 Å². The monoisotopic (exact) mass is 576 g/mol. The summed E-state index contributed by atoms with van der Waals surface area (Å²) in [5.74, 6) is 2.90. The van der Waals surface area contributed by atoms with Gasteiger partial charge in [0.1, 0.15) is 17.1 Å². The lowest BCUT2D eigenvalue weighted by molar-refractivity contribution is 0.0527. The number of rotatable bonds is 14. The van der Waals surface area contributed by atoms with Crippen molar-refractivity contribution in [1.82, 2.24) is 15.3 Å². The fourth-order valence-corrected chi connectivity index (χ4v) is 4.87. The number of nitrogens with one attached hydrogen (secondary N) is 2. The van der Waals surface area contributed by atoms with Crippen LogP contribution in [-0.2, 0) is 24.1 Å². The molecule has 2 heterocycles. The molecule has 2 N–H and O–H groups in total. The maximum atomic E-state index is 11.9. The summed E-state index contributed by atoms with van der Waals surface area (Å²) in [6.45, 7) is 8.85. The first-order chi connectivity index (χ1) is 20.2. The van der Waals surface area contributed by atoms with Gasteiger partial charge in [-0.05, 0) is 70.2 Å². The third-order valence-corrected chi connectivity index (χ3v) is 6.96. The third-order valence-electron chi connectivity index (χ3n) is 6.96. The smallest absolute Gasteiger partial charge is 0.407 e. The lowest BCUT2D eigenvalue weighted by Crippen LogP contribution is -2.32. The van der Waals surface area contributed by atoms with Crippen LogP contribution < -0.4 is 20.1 Å². The van der Waals surface area contributed by atoms with Gasteiger partial charge in [-0.15, -0.1) is 0 Å². The lowest BCUT2D eigenvalue weighted by atomic mass is 10.0. The topological polar surface area (TPSA) is 108 Å². The van der Waals surface area contributed by atoms with E-state index in [1.807, 2.05) is 51.1 Å². The number of carbonyl (C=O) groups is 1. The number of hydrogen-bond acceptors (Lipinski definition) is 8. The van der Waals surface area contributed by atoms with Crippen LogP contribution in [0.2, 0.25) is 0 Å². The van der Waals surface area contributed by atoms with E-state index in [4.69, 9.17) is 28.6 Å². The molecule has 4 rings (SSSR count). The average Bonchev–Trinajstić information content (AvgIpc) is 3.39. The molecule has 0 saturated carbocycles. The molecule has 9 nitrogen and oxygen atoms in total. The molecule has 0 bridgehead atoms. The molecule has 0 saturated heterocycles. The Balaban J connectivity index is 1.52. The van der Waals surface area contributed by atoms with Crippen LogP contribution in [0.5, 0.6) is 11.5 Å². The number of benzene rings is 2. The Morgan fingerprint density at radius 1 is 0.952 bits per heavy atom. The van der Waals surface area contributed by atoms with E-state index in [0.29, 0.717) is 18.9 Å². The lowest BCUT2D eigenvalue weighted by Gasteiger charge is -2.19. The molecule has 226 valence electrons. The van der Waals surface area contributed by atoms with Crippen molar-refractivity contribution in [1.29, 1.82) is 0 Å². The van der Waals surface area contributed by atoms with E-state index in [1.54, 1.807) is 14.2 Å². The standard InChI is InChI=1S/C33H44N4O5/c1-7-8-16-27-37-29-30(41-27)28-22(13-10-9-11-19-34-32(38)42-33(2,3)4)14-12-15-25(28)36-31(29)35-21-23-17-18-24(39-5)20-26(23)40-6/h12,14-15,17-18,20H,7-11,13,16,19,21H2,1-6H3,(H,34,38)(H,35,36). The van der Waals surface area contributed by atoms with Crippen molar-refractivity contribution in [3.63, 3.8) is 0 Å². The molecule has 1 amide bonds. The van der Waals surface area contributed by atoms with E-state index < -0.39 is 5.60 Å². The highest BCUT2D eigenvalue weighted by Crippen LogP contribution is 2.34. The summed E-state index contributed by atoms with van der Waals surface area (Å²) in [5.41, 5.74) is 4.07. The highest BCUT2D eigenvalue weighted by molar-refractivity contribution is 6.07. The van der Waals surface area contributed by atoms with Crippen molar-refractivity contribution in [3.05, 3.63) is 53.4 Å². The molecule has 4 aromatic rings. The first-order valence-electron chi connectivity index (χ1n) is 14.8. The summed E-state index contributed by atoms with van der Waals surface area (Å²) < 4.78 is 22.7. The summed E-state index contributed by atoms with van der Waals surface area (Å²) in [7, 11) is 3.29. The van der Waals surface area contributed by atoms with E-state index >= 15 is 0 Å². The zero-order valence-electron chi connectivity index (χ0n) is 25.8. The molecular formula is C33H44N4O5. The summed E-state index contributed by atoms with van der Waals surface area (Å²) in [5, 5.41) is 7.34. The number of alkyl carbamates (subject to hydrolysis) is 1. The van der Waals surface area contributed by atoms with Crippen molar-refractivity contribution >= 4 is 33.9 Å². The van der Waals surface area contributed by atoms with E-state index in [0.717, 1.165) is 89.9 Å². The quantitative estimate of drug-likeness (QED) is 0.148. The van der Waals surface area contributed by atoms with Gasteiger partial charge in [0.15, 0.2) is 22.8 Å². The van der Waals surface area contributed by atoms with Crippen molar-refractivity contribution < 1.29 is 23.4 Å². The fraction of sp³-hybridized carbons (Fsp3) is 0.485. The number of nitrogens with zero attached hydrogens (tertiary/aromatic N) is 2. The van der Waals surface area contributed by atoms with Crippen molar-refractivity contribution in [2.45, 2.75) is 84.8 Å². The summed E-state index contributed by atoms with van der Waals surface area (Å²) in [4.78, 5) is 21.8. The molecule has 0 aliphatic carbocycles. The van der Waals surface area contributed by atoms with Crippen LogP contribution in [0.25, 0.3) is 22.0 Å². The number of aryl methyl sites for hydroxylation is 2. The van der Waals surface area contributed by atoms with E-state index in [-0.39, 0.29) is 6.09 Å². The molecule has 0 aliphatic rings. The van der Waals surface area contributed by atoms with Crippen molar-refractivity contribution in [2.24, 2.45) is 0 Å². The van der Waals surface area contributed by atoms with E-state index in [1.165, 1.54) is 5.56 Å². The minimum atomic E-state index is -0.493. The van der Waals surface area contributed by atoms with Gasteiger partial charge in [0.2, 0.25) is 0 Å². The largest absolute Gasteiger partial charge is 0.497 e. The predicted octanol–water partition coefficient (Wildman–Crippen LogP) is 7.59. The molecule has 9 heteroatoms. The third kappa shape index (κ3) is 8.05. The van der Waals surface area contributed by atoms with Gasteiger partial charge in [-0.1, -0.05) is 31.9 Å². The maximum absolute atomic E-state index is 11.9. The first-order valence-corrected chi connectivity index (χ1v) is 14.8. The number of hydrogen-bond donors (Lipinski definition) is 2. The molecular weight excluding hydrogens is 532 g/mol. The SMILES string of the molecule is CCCCc1nc2c(NCc3ccc(OC)cc3OC)nc3cccc(CCCCCNC(=O)OC(C)(C)C)c3c2o1. The zero-order valence-corrected chi connectivity index (χ0v) is 25.8. The highest BCUT2D eigenvalue weighted by Gasteiger charge is 2.19. The summed E-state index contributed by atoms with van der Waals surface area (Å²) >= 11 is 0. The number of unbranched alkanes of at least 4 members (excludes halogenated alkanes) is 3. The number of aromatic nitrogens is 2. The molecule has 0 atom stereocenters. The van der Waals surface area contributed by atoms with Gasteiger partial charge in [0.25, 0.3) is 0 Å². The van der Waals surface area contributed by atoms with Gasteiger partial charge < -0.3 is 29.3 Å². The van der Waals surface area contributed by atoms with E-state index in [2.05, 4.69) is 23.6 Å². The van der Waals surface area contributed by atoms with Gasteiger partial charge in [-0.3, -0.25) is 0 Å². The number of carbonyl (C=O) groups excluding carboxylic acids is 1. The van der Waals surface area contributed by atoms with Crippen LogP contribution in [0, 0.1) is 0 Å². The van der Waals surface area contributed by atoms with Crippen LogP contribution in [0.4, 0.5) is 10.6 Å². The second-order valence-electron chi connectivity index (χ2n) is 11.4. The number of oxazole rings is 1. The number of fused-ring (bicyclic) bond motifs is 3. The molecule has 0 fully saturated rings. The summed E-state index contributed by atoms with van der Waals surface area (Å²) in [6.07, 6.45) is 6.19. The van der Waals surface area contributed by atoms with E-state index in [9.17, 15) is 4.79 Å². The van der Waals surface area contributed by atoms with Gasteiger partial charge in [0.05, 0.1) is 19.7 Å². The Morgan fingerprint density at radius 2 is 1.79 bits per heavy atom. The Labute approximate surface area is 248 Å². The highest BCUT2D eigenvalue weighted by atomic mass is 16.6. The first kappa shape index (κ1) is 30.9. The van der Waals surface area contributed by atoms with Crippen molar-refractivity contribution in [3.8, 4) is 11.5 Å². The Bertz CT molecular complexity index is 1490. The van der Waals surface area contributed by atoms with Gasteiger partial charge in [0, 0.05) is 36.5 Å². The number of ether oxygens (including phenoxy) is 3. The second kappa shape index (κ2) is 14.2.